The predicted molar refractivity (Wildman–Crippen MR) is 149 cm³/mol. The van der Waals surface area contributed by atoms with Gasteiger partial charge >= 0.3 is 6.03 Å². The summed E-state index contributed by atoms with van der Waals surface area (Å²) >= 11 is 0. The summed E-state index contributed by atoms with van der Waals surface area (Å²) in [5.41, 5.74) is 3.00. The first-order chi connectivity index (χ1) is 19.4. The zero-order valence-electron chi connectivity index (χ0n) is 22.6. The number of rotatable bonds is 8. The highest BCUT2D eigenvalue weighted by molar-refractivity contribution is 6.00. The SMILES string of the molecule is CCOc1c(C2OC(C)O2)nc(-c2ccc(NC(=O)Nc3cccc(NC(C)=O)c3)cc2)nc1N1CCOCC1. The number of aromatic nitrogens is 2. The van der Waals surface area contributed by atoms with Crippen molar-refractivity contribution in [3.63, 3.8) is 0 Å². The third kappa shape index (κ3) is 6.47. The van der Waals surface area contributed by atoms with E-state index in [-0.39, 0.29) is 12.2 Å². The third-order valence-corrected chi connectivity index (χ3v) is 6.17. The summed E-state index contributed by atoms with van der Waals surface area (Å²) in [6, 6.07) is 13.7. The highest BCUT2D eigenvalue weighted by Gasteiger charge is 2.36. The maximum Gasteiger partial charge on any atom is 0.323 e. The summed E-state index contributed by atoms with van der Waals surface area (Å²) in [7, 11) is 0. The first-order valence-electron chi connectivity index (χ1n) is 13.1. The lowest BCUT2D eigenvalue weighted by Crippen LogP contribution is -2.38. The fraction of sp³-hybridized carbons (Fsp3) is 0.357. The number of anilines is 4. The van der Waals surface area contributed by atoms with Gasteiger partial charge in [0, 0.05) is 42.6 Å². The van der Waals surface area contributed by atoms with Crippen LogP contribution in [0.5, 0.6) is 5.75 Å². The molecule has 40 heavy (non-hydrogen) atoms. The minimum atomic E-state index is -0.646. The van der Waals surface area contributed by atoms with Gasteiger partial charge in [0.25, 0.3) is 0 Å². The summed E-state index contributed by atoms with van der Waals surface area (Å²) in [4.78, 5) is 35.7. The maximum atomic E-state index is 12.6. The zero-order valence-corrected chi connectivity index (χ0v) is 22.6. The second-order valence-electron chi connectivity index (χ2n) is 9.21. The van der Waals surface area contributed by atoms with Crippen molar-refractivity contribution in [2.75, 3.05) is 53.8 Å². The number of nitrogens with zero attached hydrogens (tertiary/aromatic N) is 3. The smallest absolute Gasteiger partial charge is 0.323 e. The standard InChI is InChI=1S/C28H32N6O6/c1-4-38-24-23(27-39-18(3)40-27)32-25(33-26(24)34-12-14-37-15-13-34)19-8-10-20(11-9-19)30-28(36)31-22-7-5-6-21(16-22)29-17(2)35/h5-11,16,18,27H,4,12-15H2,1-3H3,(H,29,35)(H2,30,31,36). The molecule has 1 aromatic heterocycles. The molecule has 0 radical (unpaired) electrons. The van der Waals surface area contributed by atoms with Gasteiger partial charge in [-0.2, -0.15) is 0 Å². The van der Waals surface area contributed by atoms with Crippen LogP contribution in [0, 0.1) is 0 Å². The van der Waals surface area contributed by atoms with E-state index in [0.717, 1.165) is 5.56 Å². The predicted octanol–water partition coefficient (Wildman–Crippen LogP) is 4.37. The molecule has 12 heteroatoms. The van der Waals surface area contributed by atoms with Crippen molar-refractivity contribution < 1.29 is 28.5 Å². The van der Waals surface area contributed by atoms with E-state index < -0.39 is 12.3 Å². The van der Waals surface area contributed by atoms with E-state index in [9.17, 15) is 9.59 Å². The Morgan fingerprint density at radius 3 is 2.30 bits per heavy atom. The average Bonchev–Trinajstić information content (AvgIpc) is 2.92. The molecule has 2 aromatic carbocycles. The fourth-order valence-electron chi connectivity index (χ4n) is 4.38. The van der Waals surface area contributed by atoms with E-state index in [1.807, 2.05) is 26.0 Å². The quantitative estimate of drug-likeness (QED) is 0.375. The lowest BCUT2D eigenvalue weighted by Gasteiger charge is -2.35. The van der Waals surface area contributed by atoms with E-state index in [1.165, 1.54) is 6.92 Å². The van der Waals surface area contributed by atoms with Crippen LogP contribution < -0.4 is 25.6 Å². The van der Waals surface area contributed by atoms with Crippen molar-refractivity contribution in [2.45, 2.75) is 33.4 Å². The van der Waals surface area contributed by atoms with Gasteiger partial charge in [0.2, 0.25) is 12.2 Å². The number of nitrogens with one attached hydrogen (secondary N) is 3. The van der Waals surface area contributed by atoms with Crippen LogP contribution in [0.4, 0.5) is 27.7 Å². The molecule has 0 saturated carbocycles. The van der Waals surface area contributed by atoms with Crippen LogP contribution in [0.25, 0.3) is 11.4 Å². The Hall–Kier alpha value is -4.26. The van der Waals surface area contributed by atoms with Crippen LogP contribution >= 0.6 is 0 Å². The van der Waals surface area contributed by atoms with Gasteiger partial charge in [0.1, 0.15) is 5.69 Å². The maximum absolute atomic E-state index is 12.6. The summed E-state index contributed by atoms with van der Waals surface area (Å²) in [5.74, 6) is 1.50. The molecule has 0 aliphatic carbocycles. The van der Waals surface area contributed by atoms with Gasteiger partial charge in [0.05, 0.1) is 19.8 Å². The Labute approximate surface area is 232 Å². The molecule has 2 saturated heterocycles. The molecular weight excluding hydrogens is 516 g/mol. The summed E-state index contributed by atoms with van der Waals surface area (Å²) in [5, 5.41) is 8.27. The van der Waals surface area contributed by atoms with Gasteiger partial charge in [-0.1, -0.05) is 6.07 Å². The van der Waals surface area contributed by atoms with Gasteiger partial charge in [-0.05, 0) is 56.3 Å². The molecule has 0 atom stereocenters. The number of benzene rings is 2. The lowest BCUT2D eigenvalue weighted by atomic mass is 10.1. The Balaban J connectivity index is 1.36. The fourth-order valence-corrected chi connectivity index (χ4v) is 4.38. The third-order valence-electron chi connectivity index (χ3n) is 6.17. The van der Waals surface area contributed by atoms with Crippen LogP contribution in [0.1, 0.15) is 32.8 Å². The second kappa shape index (κ2) is 12.3. The van der Waals surface area contributed by atoms with Crippen molar-refractivity contribution >= 4 is 34.8 Å². The number of amides is 3. The van der Waals surface area contributed by atoms with Gasteiger partial charge in [0.15, 0.2) is 23.7 Å². The van der Waals surface area contributed by atoms with Crippen molar-refractivity contribution in [3.8, 4) is 17.1 Å². The molecule has 3 heterocycles. The van der Waals surface area contributed by atoms with Crippen LogP contribution in [-0.4, -0.2) is 61.1 Å². The van der Waals surface area contributed by atoms with Crippen molar-refractivity contribution in [1.29, 1.82) is 0 Å². The molecule has 3 amide bonds. The first-order valence-corrected chi connectivity index (χ1v) is 13.1. The molecule has 2 fully saturated rings. The van der Waals surface area contributed by atoms with Crippen molar-refractivity contribution in [1.82, 2.24) is 9.97 Å². The monoisotopic (exact) mass is 548 g/mol. The molecule has 3 N–H and O–H groups in total. The van der Waals surface area contributed by atoms with Gasteiger partial charge in [-0.15, -0.1) is 0 Å². The molecule has 210 valence electrons. The van der Waals surface area contributed by atoms with Gasteiger partial charge in [-0.3, -0.25) is 4.79 Å². The minimum Gasteiger partial charge on any atom is -0.488 e. The van der Waals surface area contributed by atoms with Crippen LogP contribution in [0.3, 0.4) is 0 Å². The molecule has 3 aromatic rings. The number of ether oxygens (including phenoxy) is 4. The molecule has 2 aliphatic heterocycles. The van der Waals surface area contributed by atoms with Crippen LogP contribution in [0.2, 0.25) is 0 Å². The van der Waals surface area contributed by atoms with E-state index in [1.54, 1.807) is 36.4 Å². The molecule has 12 nitrogen and oxygen atoms in total. The largest absolute Gasteiger partial charge is 0.488 e. The van der Waals surface area contributed by atoms with E-state index in [0.29, 0.717) is 73.1 Å². The highest BCUT2D eigenvalue weighted by atomic mass is 16.9. The van der Waals surface area contributed by atoms with Crippen LogP contribution in [-0.2, 0) is 19.0 Å². The number of hydrogen-bond acceptors (Lipinski definition) is 9. The number of urea groups is 1. The van der Waals surface area contributed by atoms with Gasteiger partial charge in [-0.25, -0.2) is 14.8 Å². The minimum absolute atomic E-state index is 0.190. The normalized spacial score (nSPS) is 18.4. The lowest BCUT2D eigenvalue weighted by molar-refractivity contribution is -0.384. The Kier molecular flexibility index (Phi) is 8.39. The number of hydrogen-bond donors (Lipinski definition) is 3. The molecule has 0 bridgehead atoms. The number of carbonyl (C=O) groups excluding carboxylic acids is 2. The average molecular weight is 549 g/mol. The summed E-state index contributed by atoms with van der Waals surface area (Å²) < 4.78 is 23.1. The van der Waals surface area contributed by atoms with E-state index in [4.69, 9.17) is 28.9 Å². The van der Waals surface area contributed by atoms with Crippen molar-refractivity contribution in [2.24, 2.45) is 0 Å². The second-order valence-corrected chi connectivity index (χ2v) is 9.21. The molecule has 0 unspecified atom stereocenters. The molecular formula is C28H32N6O6. The summed E-state index contributed by atoms with van der Waals surface area (Å²) in [6.07, 6.45) is -0.971. The highest BCUT2D eigenvalue weighted by Crippen LogP contribution is 2.41. The number of carbonyl (C=O) groups is 2. The molecule has 2 aliphatic rings. The Bertz CT molecular complexity index is 1360. The molecule has 0 spiro atoms. The van der Waals surface area contributed by atoms with E-state index >= 15 is 0 Å². The molecule has 5 rings (SSSR count). The van der Waals surface area contributed by atoms with Gasteiger partial charge < -0.3 is 39.8 Å². The summed E-state index contributed by atoms with van der Waals surface area (Å²) in [6.45, 7) is 8.12. The van der Waals surface area contributed by atoms with E-state index in [2.05, 4.69) is 20.9 Å². The Morgan fingerprint density at radius 1 is 0.975 bits per heavy atom. The Morgan fingerprint density at radius 2 is 1.65 bits per heavy atom. The van der Waals surface area contributed by atoms with Crippen LogP contribution in [0.15, 0.2) is 48.5 Å². The number of morpholine rings is 1. The zero-order chi connectivity index (χ0) is 28.1. The first kappa shape index (κ1) is 27.3. The van der Waals surface area contributed by atoms with Crippen molar-refractivity contribution in [3.05, 3.63) is 54.2 Å². The topological polar surface area (TPSA) is 136 Å².